The minimum Gasteiger partial charge on any atom is -0.431 e. The number of nitrogens with zero attached hydrogens (tertiary/aromatic N) is 1. The zero-order valence-electron chi connectivity index (χ0n) is 26.0. The van der Waals surface area contributed by atoms with Crippen LogP contribution in [0.3, 0.4) is 0 Å². The molecule has 0 N–H and O–H groups in total. The van der Waals surface area contributed by atoms with E-state index in [4.69, 9.17) is 4.74 Å². The lowest BCUT2D eigenvalue weighted by Gasteiger charge is -2.32. The average Bonchev–Trinajstić information content (AvgIpc) is 3.46. The summed E-state index contributed by atoms with van der Waals surface area (Å²) in [4.78, 5) is 16.7. The summed E-state index contributed by atoms with van der Waals surface area (Å²) >= 11 is 1.85. The fraction of sp³-hybridized carbons (Fsp3) is 0.694. The molecular formula is C36H59NO2S. The van der Waals surface area contributed by atoms with Gasteiger partial charge in [0, 0.05) is 30.3 Å². The fourth-order valence-electron chi connectivity index (χ4n) is 5.71. The average molecular weight is 570 g/mol. The van der Waals surface area contributed by atoms with Gasteiger partial charge in [0.25, 0.3) is 0 Å². The molecule has 0 aromatic carbocycles. The number of hydrogen-bond donors (Lipinski definition) is 0. The van der Waals surface area contributed by atoms with Crippen molar-refractivity contribution in [3.05, 3.63) is 58.5 Å². The molecule has 1 aliphatic carbocycles. The van der Waals surface area contributed by atoms with E-state index >= 15 is 0 Å². The molecule has 0 saturated heterocycles. The summed E-state index contributed by atoms with van der Waals surface area (Å²) in [5, 5.41) is 2.17. The third kappa shape index (κ3) is 16.6. The third-order valence-corrected chi connectivity index (χ3v) is 8.99. The standard InChI is InChI=1S/C36H59NO2S/c1-4-6-7-8-9-10-11-12-13-14-15-16-17-26-36(38)39-34-23-18-21-32(3)31-33(22-19-24-34)37(28-5-2)29-27-35-25-20-30-40-35/h18,20-21,23,25,30,33H,3-17,19,22,24,26-29,31H2,1-2H3/b21-18-,34-23+. The van der Waals surface area contributed by atoms with Gasteiger partial charge in [0.2, 0.25) is 0 Å². The zero-order chi connectivity index (χ0) is 28.7. The van der Waals surface area contributed by atoms with Crippen LogP contribution in [0.2, 0.25) is 0 Å². The first-order valence-electron chi connectivity index (χ1n) is 16.6. The van der Waals surface area contributed by atoms with Crippen LogP contribution in [0.4, 0.5) is 0 Å². The summed E-state index contributed by atoms with van der Waals surface area (Å²) in [5.74, 6) is 0.740. The summed E-state index contributed by atoms with van der Waals surface area (Å²) < 4.78 is 5.83. The lowest BCUT2D eigenvalue weighted by atomic mass is 9.97. The maximum atomic E-state index is 12.6. The van der Waals surface area contributed by atoms with Crippen LogP contribution in [0, 0.1) is 0 Å². The summed E-state index contributed by atoms with van der Waals surface area (Å²) in [6.07, 6.45) is 29.9. The number of rotatable bonds is 21. The van der Waals surface area contributed by atoms with Crippen molar-refractivity contribution in [1.29, 1.82) is 0 Å². The fourth-order valence-corrected chi connectivity index (χ4v) is 6.41. The Labute approximate surface area is 251 Å². The molecular weight excluding hydrogens is 510 g/mol. The van der Waals surface area contributed by atoms with Crippen molar-refractivity contribution in [2.75, 3.05) is 13.1 Å². The van der Waals surface area contributed by atoms with Gasteiger partial charge < -0.3 is 4.74 Å². The molecule has 1 aromatic rings. The predicted octanol–water partition coefficient (Wildman–Crippen LogP) is 11.0. The molecule has 226 valence electrons. The molecule has 0 spiro atoms. The van der Waals surface area contributed by atoms with Crippen molar-refractivity contribution >= 4 is 17.3 Å². The number of carbonyl (C=O) groups excluding carboxylic acids is 1. The number of thiophene rings is 1. The Hall–Kier alpha value is -1.65. The molecule has 0 fully saturated rings. The molecule has 1 unspecified atom stereocenters. The molecule has 0 aliphatic heterocycles. The molecule has 1 atom stereocenters. The SMILES string of the molecule is C=C1/C=C\C=C(\OC(=O)CCCCCCCCCCCCCCC)CCCC(N(CCC)CCc2cccs2)C1. The summed E-state index contributed by atoms with van der Waals surface area (Å²) in [7, 11) is 0. The highest BCUT2D eigenvalue weighted by Crippen LogP contribution is 2.23. The maximum Gasteiger partial charge on any atom is 0.310 e. The Morgan fingerprint density at radius 1 is 0.950 bits per heavy atom. The van der Waals surface area contributed by atoms with E-state index in [9.17, 15) is 4.79 Å². The number of esters is 1. The van der Waals surface area contributed by atoms with Gasteiger partial charge >= 0.3 is 5.97 Å². The second-order valence-electron chi connectivity index (χ2n) is 11.7. The highest BCUT2D eigenvalue weighted by atomic mass is 32.1. The van der Waals surface area contributed by atoms with Crippen molar-refractivity contribution in [3.8, 4) is 0 Å². The van der Waals surface area contributed by atoms with Gasteiger partial charge in [-0.05, 0) is 62.6 Å². The monoisotopic (exact) mass is 569 g/mol. The largest absolute Gasteiger partial charge is 0.431 e. The molecule has 0 bridgehead atoms. The maximum absolute atomic E-state index is 12.6. The summed E-state index contributed by atoms with van der Waals surface area (Å²) in [5.41, 5.74) is 1.15. The molecule has 0 radical (unpaired) electrons. The Balaban J connectivity index is 1.64. The van der Waals surface area contributed by atoms with Gasteiger partial charge in [-0.3, -0.25) is 9.69 Å². The van der Waals surface area contributed by atoms with Crippen LogP contribution >= 0.6 is 11.3 Å². The lowest BCUT2D eigenvalue weighted by molar-refractivity contribution is -0.139. The van der Waals surface area contributed by atoms with Crippen LogP contribution in [0.25, 0.3) is 0 Å². The van der Waals surface area contributed by atoms with Crippen LogP contribution in [-0.4, -0.2) is 30.0 Å². The van der Waals surface area contributed by atoms with Crippen LogP contribution < -0.4 is 0 Å². The van der Waals surface area contributed by atoms with Gasteiger partial charge in [-0.1, -0.05) is 121 Å². The van der Waals surface area contributed by atoms with Gasteiger partial charge in [0.05, 0.1) is 0 Å². The first-order valence-corrected chi connectivity index (χ1v) is 17.5. The Kier molecular flexibility index (Phi) is 19.8. The normalized spacial score (nSPS) is 18.4. The van der Waals surface area contributed by atoms with E-state index in [1.165, 1.54) is 75.5 Å². The van der Waals surface area contributed by atoms with Gasteiger partial charge in [0.1, 0.15) is 5.76 Å². The second kappa shape index (κ2) is 23.0. The van der Waals surface area contributed by atoms with E-state index in [2.05, 4.69) is 48.9 Å². The first kappa shape index (κ1) is 34.6. The summed E-state index contributed by atoms with van der Waals surface area (Å²) in [6.45, 7) is 11.1. The van der Waals surface area contributed by atoms with Gasteiger partial charge in [-0.15, -0.1) is 11.3 Å². The highest BCUT2D eigenvalue weighted by Gasteiger charge is 2.19. The van der Waals surface area contributed by atoms with Gasteiger partial charge in [-0.2, -0.15) is 0 Å². The number of hydrogen-bond acceptors (Lipinski definition) is 4. The van der Waals surface area contributed by atoms with Crippen molar-refractivity contribution in [3.63, 3.8) is 0 Å². The molecule has 1 heterocycles. The molecule has 0 saturated carbocycles. The molecule has 4 heteroatoms. The van der Waals surface area contributed by atoms with E-state index < -0.39 is 0 Å². The second-order valence-corrected chi connectivity index (χ2v) is 12.8. The Morgan fingerprint density at radius 2 is 1.62 bits per heavy atom. The first-order chi connectivity index (χ1) is 19.6. The van der Waals surface area contributed by atoms with E-state index in [0.29, 0.717) is 12.5 Å². The molecule has 3 nitrogen and oxygen atoms in total. The number of ether oxygens (including phenoxy) is 1. The van der Waals surface area contributed by atoms with Crippen LogP contribution in [0.15, 0.2) is 53.7 Å². The van der Waals surface area contributed by atoms with Gasteiger partial charge in [-0.25, -0.2) is 0 Å². The number of unbranched alkanes of at least 4 members (excludes halogenated alkanes) is 12. The van der Waals surface area contributed by atoms with Crippen LogP contribution in [0.5, 0.6) is 0 Å². The molecule has 1 aliphatic rings. The highest BCUT2D eigenvalue weighted by molar-refractivity contribution is 7.09. The summed E-state index contributed by atoms with van der Waals surface area (Å²) in [6, 6.07) is 4.87. The Morgan fingerprint density at radius 3 is 2.25 bits per heavy atom. The minimum absolute atomic E-state index is 0.0706. The molecule has 40 heavy (non-hydrogen) atoms. The predicted molar refractivity (Wildman–Crippen MR) is 175 cm³/mol. The van der Waals surface area contributed by atoms with Crippen molar-refractivity contribution in [2.24, 2.45) is 0 Å². The zero-order valence-corrected chi connectivity index (χ0v) is 26.8. The van der Waals surface area contributed by atoms with Crippen LogP contribution in [0.1, 0.15) is 141 Å². The topological polar surface area (TPSA) is 29.5 Å². The van der Waals surface area contributed by atoms with E-state index in [1.54, 1.807) is 0 Å². The minimum atomic E-state index is -0.0706. The smallest absolute Gasteiger partial charge is 0.310 e. The number of allylic oxidation sites excluding steroid dienone is 4. The van der Waals surface area contributed by atoms with E-state index in [0.717, 1.165) is 75.8 Å². The van der Waals surface area contributed by atoms with Crippen molar-refractivity contribution in [1.82, 2.24) is 4.90 Å². The van der Waals surface area contributed by atoms with E-state index in [1.807, 2.05) is 23.5 Å². The third-order valence-electron chi connectivity index (χ3n) is 8.05. The van der Waals surface area contributed by atoms with E-state index in [-0.39, 0.29) is 5.97 Å². The molecule has 2 rings (SSSR count). The van der Waals surface area contributed by atoms with Crippen molar-refractivity contribution in [2.45, 2.75) is 148 Å². The molecule has 1 aromatic heterocycles. The Bertz CT molecular complexity index is 841. The van der Waals surface area contributed by atoms with Gasteiger partial charge in [0.15, 0.2) is 0 Å². The number of carbonyl (C=O) groups is 1. The quantitative estimate of drug-likeness (QED) is 0.109. The van der Waals surface area contributed by atoms with Crippen molar-refractivity contribution < 1.29 is 9.53 Å². The lowest BCUT2D eigenvalue weighted by Crippen LogP contribution is -2.37. The molecule has 0 amide bonds. The van der Waals surface area contributed by atoms with Crippen LogP contribution in [-0.2, 0) is 16.0 Å².